The zero-order valence-electron chi connectivity index (χ0n) is 15.3. The monoisotopic (exact) mass is 362 g/mol. The van der Waals surface area contributed by atoms with Gasteiger partial charge in [-0.15, -0.1) is 0 Å². The number of nitrogens with zero attached hydrogens (tertiary/aromatic N) is 1. The molecule has 0 radical (unpaired) electrons. The molecule has 1 heterocycles. The first-order valence-electron chi connectivity index (χ1n) is 8.62. The Morgan fingerprint density at radius 1 is 1.19 bits per heavy atom. The molecular weight excluding hydrogens is 338 g/mol. The summed E-state index contributed by atoms with van der Waals surface area (Å²) < 4.78 is 32.8. The van der Waals surface area contributed by atoms with Crippen LogP contribution in [0, 0.1) is 17.0 Å². The summed E-state index contributed by atoms with van der Waals surface area (Å²) in [7, 11) is 0. The summed E-state index contributed by atoms with van der Waals surface area (Å²) in [5.74, 6) is -1.72. The summed E-state index contributed by atoms with van der Waals surface area (Å²) in [6.45, 7) is 6.00. The van der Waals surface area contributed by atoms with Gasteiger partial charge in [-0.1, -0.05) is 19.4 Å². The number of benzene rings is 1. The molecule has 0 amide bonds. The van der Waals surface area contributed by atoms with Crippen LogP contribution in [0.15, 0.2) is 30.3 Å². The van der Waals surface area contributed by atoms with Gasteiger partial charge in [0.1, 0.15) is 5.82 Å². The number of nitrogens with two attached hydrogens (primary N) is 1. The Morgan fingerprint density at radius 2 is 1.88 bits per heavy atom. The number of hydrogen-bond donors (Lipinski definition) is 1. The Bertz CT molecular complexity index is 791. The van der Waals surface area contributed by atoms with Crippen LogP contribution < -0.4 is 5.73 Å². The molecule has 0 fully saturated rings. The Labute approximate surface area is 152 Å². The Balaban J connectivity index is 2.23. The van der Waals surface area contributed by atoms with E-state index in [-0.39, 0.29) is 23.0 Å². The van der Waals surface area contributed by atoms with E-state index in [1.807, 2.05) is 6.92 Å². The number of rotatable bonds is 7. The van der Waals surface area contributed by atoms with E-state index in [4.69, 9.17) is 10.5 Å². The molecule has 140 valence electrons. The summed E-state index contributed by atoms with van der Waals surface area (Å²) in [6.07, 6.45) is 2.14. The first kappa shape index (κ1) is 19.8. The van der Waals surface area contributed by atoms with Crippen molar-refractivity contribution >= 4 is 11.8 Å². The van der Waals surface area contributed by atoms with Gasteiger partial charge < -0.3 is 10.5 Å². The maximum atomic E-state index is 14.2. The van der Waals surface area contributed by atoms with Crippen LogP contribution in [0.1, 0.15) is 39.2 Å². The zero-order valence-corrected chi connectivity index (χ0v) is 15.3. The van der Waals surface area contributed by atoms with Gasteiger partial charge in [0.2, 0.25) is 0 Å². The van der Waals surface area contributed by atoms with E-state index in [0.717, 1.165) is 24.5 Å². The van der Waals surface area contributed by atoms with Gasteiger partial charge in [-0.2, -0.15) is 0 Å². The third kappa shape index (κ3) is 4.77. The first-order chi connectivity index (χ1) is 12.2. The smallest absolute Gasteiger partial charge is 0.311 e. The van der Waals surface area contributed by atoms with Crippen molar-refractivity contribution in [1.82, 2.24) is 4.98 Å². The van der Waals surface area contributed by atoms with Gasteiger partial charge in [-0.3, -0.25) is 4.79 Å². The lowest BCUT2D eigenvalue weighted by Crippen LogP contribution is -2.29. The number of ether oxygens (including phenoxy) is 1. The molecule has 0 saturated carbocycles. The highest BCUT2D eigenvalue weighted by molar-refractivity contribution is 5.76. The second-order valence-electron chi connectivity index (χ2n) is 6.93. The van der Waals surface area contributed by atoms with E-state index in [2.05, 4.69) is 4.98 Å². The topological polar surface area (TPSA) is 65.2 Å². The van der Waals surface area contributed by atoms with Crippen molar-refractivity contribution in [2.24, 2.45) is 5.41 Å². The zero-order chi connectivity index (χ0) is 19.3. The number of carbonyl (C=O) groups is 1. The fraction of sp³-hybridized carbons (Fsp3) is 0.400. The highest BCUT2D eigenvalue weighted by Gasteiger charge is 2.30. The van der Waals surface area contributed by atoms with Crippen LogP contribution >= 0.6 is 0 Å². The van der Waals surface area contributed by atoms with Crippen molar-refractivity contribution < 1.29 is 18.3 Å². The number of unbranched alkanes of at least 4 members (excludes halogenated alkanes) is 1. The van der Waals surface area contributed by atoms with Crippen molar-refractivity contribution in [2.45, 2.75) is 40.0 Å². The van der Waals surface area contributed by atoms with Gasteiger partial charge in [0.15, 0.2) is 11.6 Å². The minimum atomic E-state index is -0.752. The molecule has 0 aliphatic heterocycles. The molecule has 6 heteroatoms. The quantitative estimate of drug-likeness (QED) is 0.581. The Morgan fingerprint density at radius 3 is 2.54 bits per heavy atom. The molecule has 0 atom stereocenters. The van der Waals surface area contributed by atoms with E-state index in [1.54, 1.807) is 26.0 Å². The third-order valence-electron chi connectivity index (χ3n) is 4.11. The van der Waals surface area contributed by atoms with Crippen LogP contribution in [0.3, 0.4) is 0 Å². The van der Waals surface area contributed by atoms with E-state index >= 15 is 0 Å². The first-order valence-corrected chi connectivity index (χ1v) is 8.62. The van der Waals surface area contributed by atoms with E-state index in [1.165, 1.54) is 12.1 Å². The molecule has 2 rings (SSSR count). The summed E-state index contributed by atoms with van der Waals surface area (Å²) in [5.41, 5.74) is 5.93. The third-order valence-corrected chi connectivity index (χ3v) is 4.11. The molecule has 26 heavy (non-hydrogen) atoms. The van der Waals surface area contributed by atoms with Gasteiger partial charge in [0, 0.05) is 5.56 Å². The lowest BCUT2D eigenvalue weighted by atomic mass is 9.85. The van der Waals surface area contributed by atoms with Crippen molar-refractivity contribution in [3.8, 4) is 11.3 Å². The van der Waals surface area contributed by atoms with Gasteiger partial charge in [-0.05, 0) is 56.5 Å². The van der Waals surface area contributed by atoms with Gasteiger partial charge >= 0.3 is 5.97 Å². The van der Waals surface area contributed by atoms with E-state index in [0.29, 0.717) is 13.0 Å². The van der Waals surface area contributed by atoms with Crippen LogP contribution in [0.25, 0.3) is 11.3 Å². The maximum absolute atomic E-state index is 14.2. The normalized spacial score (nSPS) is 11.4. The number of hydrogen-bond acceptors (Lipinski definition) is 4. The number of anilines is 1. The molecule has 0 aliphatic carbocycles. The van der Waals surface area contributed by atoms with E-state index < -0.39 is 17.0 Å². The van der Waals surface area contributed by atoms with Crippen molar-refractivity contribution in [1.29, 1.82) is 0 Å². The summed E-state index contributed by atoms with van der Waals surface area (Å²) in [5, 5.41) is 0. The minimum Gasteiger partial charge on any atom is -0.465 e. The maximum Gasteiger partial charge on any atom is 0.311 e. The minimum absolute atomic E-state index is 0.212. The van der Waals surface area contributed by atoms with Crippen LogP contribution in [-0.2, 0) is 16.0 Å². The number of nitrogen functional groups attached to an aromatic ring is 1. The number of pyridine rings is 1. The van der Waals surface area contributed by atoms with Crippen molar-refractivity contribution in [3.63, 3.8) is 0 Å². The van der Waals surface area contributed by atoms with Gasteiger partial charge in [0.05, 0.1) is 17.7 Å². The average Bonchev–Trinajstić information content (AvgIpc) is 2.59. The average molecular weight is 362 g/mol. The molecule has 0 bridgehead atoms. The number of aromatic nitrogens is 1. The SMILES string of the molecule is CCCCOC(=O)C(C)(C)Cc1ccc(F)c(-c2ccc(F)c(N)n2)c1. The lowest BCUT2D eigenvalue weighted by Gasteiger charge is -2.23. The predicted molar refractivity (Wildman–Crippen MR) is 97.4 cm³/mol. The van der Waals surface area contributed by atoms with Gasteiger partial charge in [-0.25, -0.2) is 13.8 Å². The molecule has 0 spiro atoms. The summed E-state index contributed by atoms with van der Waals surface area (Å²) >= 11 is 0. The fourth-order valence-corrected chi connectivity index (χ4v) is 2.57. The van der Waals surface area contributed by atoms with E-state index in [9.17, 15) is 13.6 Å². The molecule has 0 aliphatic rings. The fourth-order valence-electron chi connectivity index (χ4n) is 2.57. The molecule has 1 aromatic carbocycles. The Kier molecular flexibility index (Phi) is 6.29. The second kappa shape index (κ2) is 8.25. The number of carbonyl (C=O) groups excluding carboxylic acids is 1. The Hall–Kier alpha value is -2.50. The van der Waals surface area contributed by atoms with Crippen LogP contribution in [0.4, 0.5) is 14.6 Å². The molecule has 0 unspecified atom stereocenters. The van der Waals surface area contributed by atoms with Gasteiger partial charge in [0.25, 0.3) is 0 Å². The number of esters is 1. The molecule has 0 saturated heterocycles. The predicted octanol–water partition coefficient (Wildman–Crippen LogP) is 4.52. The largest absolute Gasteiger partial charge is 0.465 e. The van der Waals surface area contributed by atoms with Crippen molar-refractivity contribution in [3.05, 3.63) is 47.5 Å². The molecule has 2 aromatic rings. The summed E-state index contributed by atoms with van der Waals surface area (Å²) in [4.78, 5) is 16.2. The molecule has 4 nitrogen and oxygen atoms in total. The standard InChI is InChI=1S/C20H24F2N2O2/c1-4-5-10-26-19(25)20(2,3)12-13-6-7-15(21)14(11-13)17-9-8-16(22)18(23)24-17/h6-9,11H,4-5,10,12H2,1-3H3,(H2,23,24). The van der Waals surface area contributed by atoms with Crippen LogP contribution in [0.2, 0.25) is 0 Å². The molecular formula is C20H24F2N2O2. The van der Waals surface area contributed by atoms with Crippen LogP contribution in [0.5, 0.6) is 0 Å². The molecule has 2 N–H and O–H groups in total. The highest BCUT2D eigenvalue weighted by Crippen LogP contribution is 2.29. The second-order valence-corrected chi connectivity index (χ2v) is 6.93. The number of halogens is 2. The summed E-state index contributed by atoms with van der Waals surface area (Å²) in [6, 6.07) is 7.06. The molecule has 1 aromatic heterocycles. The lowest BCUT2D eigenvalue weighted by molar-refractivity contribution is -0.154. The van der Waals surface area contributed by atoms with Crippen molar-refractivity contribution in [2.75, 3.05) is 12.3 Å². The van der Waals surface area contributed by atoms with Crippen LogP contribution in [-0.4, -0.2) is 17.6 Å². The highest BCUT2D eigenvalue weighted by atomic mass is 19.1.